The van der Waals surface area contributed by atoms with Gasteiger partial charge in [-0.2, -0.15) is 0 Å². The number of ether oxygens (including phenoxy) is 1. The van der Waals surface area contributed by atoms with E-state index in [0.29, 0.717) is 0 Å². The average molecular weight is 223 g/mol. The fourth-order valence-corrected chi connectivity index (χ4v) is 1.48. The highest BCUT2D eigenvalue weighted by molar-refractivity contribution is 5.41. The molecule has 1 rings (SSSR count). The summed E-state index contributed by atoms with van der Waals surface area (Å²) in [6, 6.07) is 3.74. The van der Waals surface area contributed by atoms with Gasteiger partial charge in [-0.15, -0.1) is 0 Å². The van der Waals surface area contributed by atoms with Crippen molar-refractivity contribution in [2.45, 2.75) is 20.4 Å². The van der Waals surface area contributed by atoms with Gasteiger partial charge in [-0.25, -0.2) is 0 Å². The summed E-state index contributed by atoms with van der Waals surface area (Å²) in [6.45, 7) is 8.35. The Morgan fingerprint density at radius 3 is 2.88 bits per heavy atom. The molecule has 0 aliphatic carbocycles. The van der Waals surface area contributed by atoms with E-state index >= 15 is 0 Å². The molecule has 0 aliphatic rings. The Morgan fingerprint density at radius 1 is 1.44 bits per heavy atom. The van der Waals surface area contributed by atoms with Crippen LogP contribution in [0.1, 0.15) is 19.5 Å². The van der Waals surface area contributed by atoms with Gasteiger partial charge in [0.2, 0.25) is 0 Å². The molecule has 0 unspecified atom stereocenters. The zero-order valence-electron chi connectivity index (χ0n) is 10.1. The van der Waals surface area contributed by atoms with Crippen LogP contribution in [0.4, 0.5) is 5.69 Å². The number of pyridine rings is 1. The van der Waals surface area contributed by atoms with Gasteiger partial charge in [-0.1, -0.05) is 6.92 Å². The first-order valence-electron chi connectivity index (χ1n) is 5.77. The highest BCUT2D eigenvalue weighted by Crippen LogP contribution is 2.09. The Bertz CT molecular complexity index is 304. The standard InChI is InChI=1S/C12H21N3O/c1-3-15(8-9-16-4-2)10-12-11(13)6-5-7-14-12/h5-7H,3-4,8-10,13H2,1-2H3. The van der Waals surface area contributed by atoms with Gasteiger partial charge in [-0.05, 0) is 25.6 Å². The molecule has 0 amide bonds. The summed E-state index contributed by atoms with van der Waals surface area (Å²) in [5.41, 5.74) is 7.56. The van der Waals surface area contributed by atoms with E-state index in [-0.39, 0.29) is 0 Å². The minimum atomic E-state index is 0.761. The number of nitrogen functional groups attached to an aromatic ring is 1. The fraction of sp³-hybridized carbons (Fsp3) is 0.583. The second kappa shape index (κ2) is 7.19. The van der Waals surface area contributed by atoms with Gasteiger partial charge in [-0.3, -0.25) is 9.88 Å². The van der Waals surface area contributed by atoms with Crippen molar-refractivity contribution in [3.8, 4) is 0 Å². The lowest BCUT2D eigenvalue weighted by atomic mass is 10.3. The number of hydrogen-bond acceptors (Lipinski definition) is 4. The van der Waals surface area contributed by atoms with E-state index in [9.17, 15) is 0 Å². The maximum atomic E-state index is 5.86. The maximum absolute atomic E-state index is 5.86. The van der Waals surface area contributed by atoms with Crippen LogP contribution in [0.3, 0.4) is 0 Å². The first kappa shape index (κ1) is 12.9. The summed E-state index contributed by atoms with van der Waals surface area (Å²) in [7, 11) is 0. The molecule has 1 aromatic rings. The third kappa shape index (κ3) is 4.16. The van der Waals surface area contributed by atoms with E-state index in [4.69, 9.17) is 10.5 Å². The molecule has 0 saturated heterocycles. The van der Waals surface area contributed by atoms with Crippen LogP contribution >= 0.6 is 0 Å². The molecule has 16 heavy (non-hydrogen) atoms. The molecule has 0 spiro atoms. The second-order valence-electron chi connectivity index (χ2n) is 3.61. The Morgan fingerprint density at radius 2 is 2.25 bits per heavy atom. The van der Waals surface area contributed by atoms with Crippen LogP contribution in [-0.4, -0.2) is 36.2 Å². The van der Waals surface area contributed by atoms with Crippen LogP contribution in [0.2, 0.25) is 0 Å². The SMILES string of the molecule is CCOCCN(CC)Cc1ncccc1N. The number of rotatable bonds is 7. The lowest BCUT2D eigenvalue weighted by Gasteiger charge is -2.20. The van der Waals surface area contributed by atoms with Gasteiger partial charge in [0.15, 0.2) is 0 Å². The quantitative estimate of drug-likeness (QED) is 0.712. The van der Waals surface area contributed by atoms with Crippen molar-refractivity contribution in [1.29, 1.82) is 0 Å². The lowest BCUT2D eigenvalue weighted by molar-refractivity contribution is 0.112. The predicted octanol–water partition coefficient (Wildman–Crippen LogP) is 1.52. The number of hydrogen-bond donors (Lipinski definition) is 1. The summed E-state index contributed by atoms with van der Waals surface area (Å²) in [5, 5.41) is 0. The molecule has 1 heterocycles. The van der Waals surface area contributed by atoms with Crippen molar-refractivity contribution in [2.24, 2.45) is 0 Å². The molecule has 90 valence electrons. The van der Waals surface area contributed by atoms with Crippen molar-refractivity contribution < 1.29 is 4.74 Å². The molecule has 0 bridgehead atoms. The summed E-state index contributed by atoms with van der Waals surface area (Å²) >= 11 is 0. The molecule has 0 fully saturated rings. The second-order valence-corrected chi connectivity index (χ2v) is 3.61. The normalized spacial score (nSPS) is 10.9. The first-order valence-corrected chi connectivity index (χ1v) is 5.77. The molecule has 0 radical (unpaired) electrons. The third-order valence-corrected chi connectivity index (χ3v) is 2.50. The molecular formula is C12H21N3O. The minimum Gasteiger partial charge on any atom is -0.397 e. The molecule has 1 aromatic heterocycles. The molecule has 0 aliphatic heterocycles. The molecule has 4 heteroatoms. The van der Waals surface area contributed by atoms with E-state index in [1.165, 1.54) is 0 Å². The largest absolute Gasteiger partial charge is 0.397 e. The lowest BCUT2D eigenvalue weighted by Crippen LogP contribution is -2.27. The third-order valence-electron chi connectivity index (χ3n) is 2.50. The van der Waals surface area contributed by atoms with Crippen molar-refractivity contribution in [2.75, 3.05) is 32.0 Å². The summed E-state index contributed by atoms with van der Waals surface area (Å²) in [5.74, 6) is 0. The topological polar surface area (TPSA) is 51.4 Å². The average Bonchev–Trinajstić information content (AvgIpc) is 2.30. The number of aromatic nitrogens is 1. The molecule has 2 N–H and O–H groups in total. The van der Waals surface area contributed by atoms with E-state index in [1.54, 1.807) is 6.20 Å². The van der Waals surface area contributed by atoms with Gasteiger partial charge in [0.05, 0.1) is 18.0 Å². The summed E-state index contributed by atoms with van der Waals surface area (Å²) in [4.78, 5) is 6.56. The van der Waals surface area contributed by atoms with Crippen LogP contribution in [0.5, 0.6) is 0 Å². The highest BCUT2D eigenvalue weighted by atomic mass is 16.5. The van der Waals surface area contributed by atoms with E-state index < -0.39 is 0 Å². The van der Waals surface area contributed by atoms with Gasteiger partial charge in [0.25, 0.3) is 0 Å². The van der Waals surface area contributed by atoms with E-state index in [1.807, 2.05) is 19.1 Å². The molecule has 0 saturated carbocycles. The predicted molar refractivity (Wildman–Crippen MR) is 66.1 cm³/mol. The Kier molecular flexibility index (Phi) is 5.82. The minimum absolute atomic E-state index is 0.761. The monoisotopic (exact) mass is 223 g/mol. The van der Waals surface area contributed by atoms with Crippen molar-refractivity contribution in [1.82, 2.24) is 9.88 Å². The van der Waals surface area contributed by atoms with Crippen LogP contribution in [0.15, 0.2) is 18.3 Å². The van der Waals surface area contributed by atoms with Crippen LogP contribution in [0.25, 0.3) is 0 Å². The van der Waals surface area contributed by atoms with Gasteiger partial charge in [0.1, 0.15) is 0 Å². The number of nitrogens with zero attached hydrogens (tertiary/aromatic N) is 2. The first-order chi connectivity index (χ1) is 7.77. The smallest absolute Gasteiger partial charge is 0.0772 e. The maximum Gasteiger partial charge on any atom is 0.0772 e. The molecular weight excluding hydrogens is 202 g/mol. The summed E-state index contributed by atoms with van der Waals surface area (Å²) < 4.78 is 5.34. The van der Waals surface area contributed by atoms with E-state index in [0.717, 1.165) is 44.2 Å². The summed E-state index contributed by atoms with van der Waals surface area (Å²) in [6.07, 6.45) is 1.78. The Balaban J connectivity index is 2.46. The van der Waals surface area contributed by atoms with Crippen LogP contribution in [0, 0.1) is 0 Å². The van der Waals surface area contributed by atoms with Crippen molar-refractivity contribution in [3.63, 3.8) is 0 Å². The van der Waals surface area contributed by atoms with Crippen molar-refractivity contribution in [3.05, 3.63) is 24.0 Å². The van der Waals surface area contributed by atoms with Crippen LogP contribution < -0.4 is 5.73 Å². The number of likely N-dealkylation sites (N-methyl/N-ethyl adjacent to an activating group) is 1. The number of nitrogens with two attached hydrogens (primary N) is 1. The zero-order chi connectivity index (χ0) is 11.8. The molecule has 0 atom stereocenters. The van der Waals surface area contributed by atoms with Crippen molar-refractivity contribution >= 4 is 5.69 Å². The van der Waals surface area contributed by atoms with Gasteiger partial charge >= 0.3 is 0 Å². The Labute approximate surface area is 97.4 Å². The van der Waals surface area contributed by atoms with Gasteiger partial charge < -0.3 is 10.5 Å². The molecule has 0 aromatic carbocycles. The highest BCUT2D eigenvalue weighted by Gasteiger charge is 2.06. The van der Waals surface area contributed by atoms with Crippen LogP contribution in [-0.2, 0) is 11.3 Å². The molecule has 4 nitrogen and oxygen atoms in total. The van der Waals surface area contributed by atoms with Gasteiger partial charge in [0, 0.05) is 25.9 Å². The number of anilines is 1. The zero-order valence-corrected chi connectivity index (χ0v) is 10.1. The van der Waals surface area contributed by atoms with E-state index in [2.05, 4.69) is 16.8 Å². The Hall–Kier alpha value is -1.13. The fourth-order valence-electron chi connectivity index (χ4n) is 1.48.